The third kappa shape index (κ3) is 7.67. The molecular formula is C35H44N8O5. The van der Waals surface area contributed by atoms with Gasteiger partial charge in [-0.3, -0.25) is 29.5 Å². The van der Waals surface area contributed by atoms with Crippen molar-refractivity contribution in [3.8, 4) is 0 Å². The van der Waals surface area contributed by atoms with Crippen LogP contribution in [0, 0.1) is 6.92 Å². The summed E-state index contributed by atoms with van der Waals surface area (Å²) in [5.74, 6) is -0.0788. The number of guanidine groups is 1. The first-order valence-corrected chi connectivity index (χ1v) is 16.8. The van der Waals surface area contributed by atoms with Crippen LogP contribution in [0.15, 0.2) is 52.0 Å². The van der Waals surface area contributed by atoms with Gasteiger partial charge in [-0.05, 0) is 95.9 Å². The van der Waals surface area contributed by atoms with E-state index in [1.165, 1.54) is 6.20 Å². The summed E-state index contributed by atoms with van der Waals surface area (Å²) in [5, 5.41) is 6.91. The van der Waals surface area contributed by atoms with Gasteiger partial charge >= 0.3 is 0 Å². The molecule has 1 aromatic carbocycles. The molecule has 13 nitrogen and oxygen atoms in total. The number of hydrogen-bond acceptors (Lipinski definition) is 8. The van der Waals surface area contributed by atoms with Crippen molar-refractivity contribution in [2.75, 3.05) is 58.7 Å². The van der Waals surface area contributed by atoms with Crippen LogP contribution in [-0.4, -0.2) is 120 Å². The summed E-state index contributed by atoms with van der Waals surface area (Å²) in [5.41, 5.74) is 1.88. The fraction of sp³-hybridized carbons (Fsp3) is 0.486. The summed E-state index contributed by atoms with van der Waals surface area (Å²) in [6.45, 7) is 5.13. The van der Waals surface area contributed by atoms with Crippen LogP contribution in [-0.2, 0) is 9.59 Å². The molecule has 0 aliphatic carbocycles. The summed E-state index contributed by atoms with van der Waals surface area (Å²) < 4.78 is 5.71. The summed E-state index contributed by atoms with van der Waals surface area (Å²) >= 11 is 0. The first-order valence-electron chi connectivity index (χ1n) is 16.8. The van der Waals surface area contributed by atoms with E-state index in [2.05, 4.69) is 20.5 Å². The van der Waals surface area contributed by atoms with E-state index in [0.717, 1.165) is 61.9 Å². The van der Waals surface area contributed by atoms with E-state index in [1.54, 1.807) is 21.9 Å². The van der Waals surface area contributed by atoms with E-state index < -0.39 is 11.9 Å². The zero-order valence-corrected chi connectivity index (χ0v) is 27.9. The number of nitrogens with one attached hydrogen (secondary N) is 2. The predicted octanol–water partition coefficient (Wildman–Crippen LogP) is 3.11. The van der Waals surface area contributed by atoms with Gasteiger partial charge in [0.1, 0.15) is 23.1 Å². The van der Waals surface area contributed by atoms with Crippen molar-refractivity contribution in [2.45, 2.75) is 57.5 Å². The van der Waals surface area contributed by atoms with Gasteiger partial charge in [-0.1, -0.05) is 0 Å². The maximum absolute atomic E-state index is 13.7. The second kappa shape index (κ2) is 14.5. The average Bonchev–Trinajstić information content (AvgIpc) is 3.84. The second-order valence-corrected chi connectivity index (χ2v) is 13.1. The highest BCUT2D eigenvalue weighted by atomic mass is 16.3. The van der Waals surface area contributed by atoms with Crippen LogP contribution in [0.3, 0.4) is 0 Å². The number of aryl methyl sites for hydroxylation is 1. The van der Waals surface area contributed by atoms with Crippen LogP contribution in [0.2, 0.25) is 0 Å². The molecule has 0 saturated carbocycles. The first-order chi connectivity index (χ1) is 23.1. The van der Waals surface area contributed by atoms with E-state index in [0.29, 0.717) is 37.8 Å². The summed E-state index contributed by atoms with van der Waals surface area (Å²) in [6, 6.07) is 10.1. The molecule has 13 heteroatoms. The Bertz CT molecular complexity index is 1690. The second-order valence-electron chi connectivity index (χ2n) is 13.1. The SMILES string of the molecule is Cc1cc2cc(NC(=N[C@H]3CCCCN(CC(=O)N4CCCC4)C3=O)NC(=O)c3ccc(C(=O)N4CC[C@@H](N(C)C)C4)nc3)ccc2o1. The normalized spacial score (nSPS) is 20.5. The molecule has 2 N–H and O–H groups in total. The number of likely N-dealkylation sites (tertiary alicyclic amines) is 3. The van der Waals surface area contributed by atoms with Crippen LogP contribution in [0.25, 0.3) is 11.0 Å². The molecule has 6 rings (SSSR count). The molecule has 2 atom stereocenters. The van der Waals surface area contributed by atoms with Gasteiger partial charge < -0.3 is 29.3 Å². The Balaban J connectivity index is 1.20. The largest absolute Gasteiger partial charge is 0.461 e. The topological polar surface area (TPSA) is 144 Å². The van der Waals surface area contributed by atoms with E-state index in [1.807, 2.05) is 50.2 Å². The Morgan fingerprint density at radius 3 is 2.50 bits per heavy atom. The Kier molecular flexibility index (Phi) is 10.0. The number of furan rings is 1. The van der Waals surface area contributed by atoms with Gasteiger partial charge in [0.25, 0.3) is 11.8 Å². The molecule has 0 spiro atoms. The summed E-state index contributed by atoms with van der Waals surface area (Å²) in [4.78, 5) is 69.6. The monoisotopic (exact) mass is 656 g/mol. The van der Waals surface area contributed by atoms with Crippen molar-refractivity contribution in [3.63, 3.8) is 0 Å². The van der Waals surface area contributed by atoms with Gasteiger partial charge in [-0.2, -0.15) is 0 Å². The Labute approximate surface area is 280 Å². The fourth-order valence-corrected chi connectivity index (χ4v) is 6.58. The van der Waals surface area contributed by atoms with Gasteiger partial charge in [0.15, 0.2) is 0 Å². The number of amides is 4. The maximum Gasteiger partial charge on any atom is 0.272 e. The van der Waals surface area contributed by atoms with Crippen LogP contribution in [0.5, 0.6) is 0 Å². The molecule has 3 saturated heterocycles. The minimum absolute atomic E-state index is 0.0282. The third-order valence-corrected chi connectivity index (χ3v) is 9.38. The van der Waals surface area contributed by atoms with Crippen LogP contribution in [0.1, 0.15) is 65.1 Å². The lowest BCUT2D eigenvalue weighted by Gasteiger charge is -2.25. The lowest BCUT2D eigenvalue weighted by Crippen LogP contribution is -2.45. The molecule has 4 amide bonds. The van der Waals surface area contributed by atoms with Gasteiger partial charge in [-0.15, -0.1) is 0 Å². The lowest BCUT2D eigenvalue weighted by atomic mass is 10.1. The van der Waals surface area contributed by atoms with Gasteiger partial charge in [0.2, 0.25) is 17.8 Å². The van der Waals surface area contributed by atoms with Crippen molar-refractivity contribution >= 4 is 46.2 Å². The standard InChI is InChI=1S/C35H44N8O5/c1-23-18-25-19-26(10-12-30(25)48-23)37-35(38-29-8-4-5-16-42(34(29)47)22-31(44)41-14-6-7-15-41)39-32(45)24-9-11-28(36-20-24)33(46)43-17-13-27(21-43)40(2)3/h9-12,18-20,27,29H,4-8,13-17,21-22H2,1-3H3,(H2,37,38,39,45)/t27-,29+/m1/s1. The number of aliphatic imine (C=N–C) groups is 1. The van der Waals surface area contributed by atoms with Crippen LogP contribution in [0.4, 0.5) is 5.69 Å². The van der Waals surface area contributed by atoms with Crippen molar-refractivity contribution in [2.24, 2.45) is 4.99 Å². The molecule has 3 fully saturated rings. The minimum Gasteiger partial charge on any atom is -0.461 e. The number of fused-ring (bicyclic) bond motifs is 1. The number of hydrogen-bond donors (Lipinski definition) is 2. The summed E-state index contributed by atoms with van der Waals surface area (Å²) in [6.07, 6.45) is 6.24. The predicted molar refractivity (Wildman–Crippen MR) is 182 cm³/mol. The van der Waals surface area contributed by atoms with Crippen LogP contribution >= 0.6 is 0 Å². The number of pyridine rings is 1. The van der Waals surface area contributed by atoms with E-state index in [9.17, 15) is 19.2 Å². The highest BCUT2D eigenvalue weighted by Gasteiger charge is 2.31. The van der Waals surface area contributed by atoms with Gasteiger partial charge in [-0.25, -0.2) is 4.99 Å². The Hall–Kier alpha value is -4.78. The van der Waals surface area contributed by atoms with Crippen molar-refractivity contribution < 1.29 is 23.6 Å². The van der Waals surface area contributed by atoms with E-state index >= 15 is 0 Å². The highest BCUT2D eigenvalue weighted by Crippen LogP contribution is 2.23. The van der Waals surface area contributed by atoms with Crippen molar-refractivity contribution in [1.82, 2.24) is 29.9 Å². The minimum atomic E-state index is -0.786. The molecular weight excluding hydrogens is 612 g/mol. The molecule has 3 aromatic rings. The third-order valence-electron chi connectivity index (χ3n) is 9.38. The van der Waals surface area contributed by atoms with Crippen LogP contribution < -0.4 is 10.6 Å². The molecule has 0 radical (unpaired) electrons. The van der Waals surface area contributed by atoms with E-state index in [-0.39, 0.29) is 41.5 Å². The zero-order valence-electron chi connectivity index (χ0n) is 27.9. The van der Waals surface area contributed by atoms with Crippen molar-refractivity contribution in [3.05, 3.63) is 59.6 Å². The number of carbonyl (C=O) groups is 4. The molecule has 3 aliphatic heterocycles. The molecule has 254 valence electrons. The Morgan fingerprint density at radius 1 is 0.979 bits per heavy atom. The number of rotatable bonds is 7. The number of carbonyl (C=O) groups excluding carboxylic acids is 4. The quantitative estimate of drug-likeness (QED) is 0.292. The number of benzene rings is 1. The number of anilines is 1. The molecule has 48 heavy (non-hydrogen) atoms. The molecule has 3 aliphatic rings. The average molecular weight is 657 g/mol. The maximum atomic E-state index is 13.7. The fourth-order valence-electron chi connectivity index (χ4n) is 6.58. The number of aromatic nitrogens is 1. The molecule has 2 aromatic heterocycles. The lowest BCUT2D eigenvalue weighted by molar-refractivity contribution is -0.140. The molecule has 5 heterocycles. The Morgan fingerprint density at radius 2 is 1.77 bits per heavy atom. The smallest absolute Gasteiger partial charge is 0.272 e. The highest BCUT2D eigenvalue weighted by molar-refractivity contribution is 6.11. The van der Waals surface area contributed by atoms with E-state index in [4.69, 9.17) is 9.41 Å². The van der Waals surface area contributed by atoms with Gasteiger partial charge in [0, 0.05) is 56.0 Å². The molecule has 0 unspecified atom stereocenters. The molecule has 0 bridgehead atoms. The number of nitrogens with zero attached hydrogens (tertiary/aromatic N) is 6. The van der Waals surface area contributed by atoms with Crippen molar-refractivity contribution in [1.29, 1.82) is 0 Å². The number of likely N-dealkylation sites (N-methyl/N-ethyl adjacent to an activating group) is 1. The summed E-state index contributed by atoms with van der Waals surface area (Å²) in [7, 11) is 4.01. The first kappa shape index (κ1) is 33.1. The zero-order chi connectivity index (χ0) is 33.8. The van der Waals surface area contributed by atoms with Gasteiger partial charge in [0.05, 0.1) is 12.1 Å².